The Kier molecular flexibility index (Phi) is 4.69. The summed E-state index contributed by atoms with van der Waals surface area (Å²) >= 11 is 1.21. The Morgan fingerprint density at radius 2 is 2.18 bits per heavy atom. The maximum Gasteiger partial charge on any atom is 0.436 e. The number of hydrogen-bond donors (Lipinski definition) is 1. The molecule has 0 aromatic heterocycles. The lowest BCUT2D eigenvalue weighted by Gasteiger charge is -2.03. The van der Waals surface area contributed by atoms with Crippen LogP contribution in [0, 0.1) is 0 Å². The van der Waals surface area contributed by atoms with E-state index in [4.69, 9.17) is 10.5 Å². The topological polar surface area (TPSA) is 64.7 Å². The molecule has 0 fully saturated rings. The van der Waals surface area contributed by atoms with Gasteiger partial charge in [-0.1, -0.05) is 11.8 Å². The molecule has 0 saturated carbocycles. The van der Waals surface area contributed by atoms with Crippen molar-refractivity contribution in [3.05, 3.63) is 0 Å². The van der Waals surface area contributed by atoms with Crippen molar-refractivity contribution in [1.82, 2.24) is 0 Å². The molecular weight excluding hydrogens is 164 g/mol. The van der Waals surface area contributed by atoms with Crippen LogP contribution in [0.5, 0.6) is 0 Å². The van der Waals surface area contributed by atoms with Crippen LogP contribution in [0.4, 0.5) is 4.79 Å². The summed E-state index contributed by atoms with van der Waals surface area (Å²) in [4.78, 5) is 14.2. The number of carbonyl (C=O) groups excluding carboxylic acids is 1. The highest BCUT2D eigenvalue weighted by atomic mass is 32.2. The minimum atomic E-state index is -0.633. The van der Waals surface area contributed by atoms with E-state index >= 15 is 0 Å². The molecule has 0 aliphatic rings. The second kappa shape index (κ2) is 5.01. The number of amides is 1. The molecule has 4 nitrogen and oxygen atoms in total. The molecule has 2 N–H and O–H groups in total. The van der Waals surface area contributed by atoms with Crippen molar-refractivity contribution in [2.24, 2.45) is 10.7 Å². The van der Waals surface area contributed by atoms with Gasteiger partial charge in [0.1, 0.15) is 0 Å². The van der Waals surface area contributed by atoms with E-state index < -0.39 is 6.09 Å². The monoisotopic (exact) mass is 176 g/mol. The van der Waals surface area contributed by atoms with Gasteiger partial charge in [-0.05, 0) is 20.1 Å². The molecule has 64 valence electrons. The van der Waals surface area contributed by atoms with Gasteiger partial charge >= 0.3 is 6.09 Å². The molecule has 0 heterocycles. The maximum atomic E-state index is 10.7. The molecule has 11 heavy (non-hydrogen) atoms. The zero-order valence-electron chi connectivity index (χ0n) is 6.83. The summed E-state index contributed by atoms with van der Waals surface area (Å²) in [6.07, 6.45) is 0.953. The van der Waals surface area contributed by atoms with Crippen LogP contribution in [0.15, 0.2) is 4.99 Å². The summed E-state index contributed by atoms with van der Waals surface area (Å²) in [5.74, 6) is 0. The molecule has 0 unspecified atom stereocenters. The highest BCUT2D eigenvalue weighted by Crippen LogP contribution is 1.96. The third-order valence-electron chi connectivity index (χ3n) is 0.747. The quantitative estimate of drug-likeness (QED) is 0.481. The molecule has 0 radical (unpaired) electrons. The maximum absolute atomic E-state index is 10.7. The third-order valence-corrected chi connectivity index (χ3v) is 1.26. The minimum Gasteiger partial charge on any atom is -0.445 e. The SMILES string of the molecule is CSC(N)=NC(=O)OC(C)C. The van der Waals surface area contributed by atoms with Crippen LogP contribution in [0.3, 0.4) is 0 Å². The van der Waals surface area contributed by atoms with Crippen LogP contribution >= 0.6 is 11.8 Å². The van der Waals surface area contributed by atoms with Crippen molar-refractivity contribution in [2.75, 3.05) is 6.26 Å². The summed E-state index contributed by atoms with van der Waals surface area (Å²) in [5, 5.41) is 0.218. The Morgan fingerprint density at radius 1 is 1.64 bits per heavy atom. The largest absolute Gasteiger partial charge is 0.445 e. The Labute approximate surface area is 70.2 Å². The average Bonchev–Trinajstić information content (AvgIpc) is 1.85. The second-order valence-corrected chi connectivity index (χ2v) is 2.91. The number of amidine groups is 1. The van der Waals surface area contributed by atoms with Gasteiger partial charge in [0.05, 0.1) is 6.10 Å². The van der Waals surface area contributed by atoms with E-state index in [1.165, 1.54) is 11.8 Å². The van der Waals surface area contributed by atoms with E-state index in [0.29, 0.717) is 0 Å². The molecule has 0 aliphatic carbocycles. The van der Waals surface area contributed by atoms with Gasteiger partial charge in [0.2, 0.25) is 0 Å². The van der Waals surface area contributed by atoms with Crippen molar-refractivity contribution in [3.63, 3.8) is 0 Å². The zero-order chi connectivity index (χ0) is 8.85. The van der Waals surface area contributed by atoms with Crippen LogP contribution in [-0.2, 0) is 4.74 Å². The number of nitrogens with two attached hydrogens (primary N) is 1. The molecule has 0 aliphatic heterocycles. The second-order valence-electron chi connectivity index (χ2n) is 2.09. The molecule has 0 atom stereocenters. The fourth-order valence-electron chi connectivity index (χ4n) is 0.364. The van der Waals surface area contributed by atoms with Gasteiger partial charge in [-0.2, -0.15) is 4.99 Å². The molecule has 0 rings (SSSR count). The number of ether oxygens (including phenoxy) is 1. The van der Waals surface area contributed by atoms with E-state index in [-0.39, 0.29) is 11.3 Å². The van der Waals surface area contributed by atoms with Crippen LogP contribution in [0.1, 0.15) is 13.8 Å². The van der Waals surface area contributed by atoms with E-state index in [0.717, 1.165) is 0 Å². The number of rotatable bonds is 1. The van der Waals surface area contributed by atoms with E-state index in [1.807, 2.05) is 0 Å². The summed E-state index contributed by atoms with van der Waals surface area (Å²) in [5.41, 5.74) is 5.26. The van der Waals surface area contributed by atoms with Crippen molar-refractivity contribution >= 4 is 23.0 Å². The first kappa shape index (κ1) is 10.3. The smallest absolute Gasteiger partial charge is 0.436 e. The first-order valence-electron chi connectivity index (χ1n) is 3.15. The van der Waals surface area contributed by atoms with Crippen molar-refractivity contribution in [1.29, 1.82) is 0 Å². The van der Waals surface area contributed by atoms with Crippen LogP contribution < -0.4 is 5.73 Å². The van der Waals surface area contributed by atoms with Gasteiger partial charge in [0, 0.05) is 0 Å². The summed E-state index contributed by atoms with van der Waals surface area (Å²) in [6, 6.07) is 0. The Morgan fingerprint density at radius 3 is 2.55 bits per heavy atom. The Bertz CT molecular complexity index is 168. The summed E-state index contributed by atoms with van der Waals surface area (Å²) in [7, 11) is 0. The molecule has 0 saturated heterocycles. The van der Waals surface area contributed by atoms with Crippen molar-refractivity contribution in [2.45, 2.75) is 20.0 Å². The predicted molar refractivity (Wildman–Crippen MR) is 46.8 cm³/mol. The normalized spacial score (nSPS) is 11.8. The highest BCUT2D eigenvalue weighted by Gasteiger charge is 2.02. The Balaban J connectivity index is 3.86. The summed E-state index contributed by atoms with van der Waals surface area (Å²) < 4.78 is 4.70. The zero-order valence-corrected chi connectivity index (χ0v) is 7.64. The van der Waals surface area contributed by atoms with Gasteiger partial charge in [0.15, 0.2) is 5.17 Å². The lowest BCUT2D eigenvalue weighted by Crippen LogP contribution is -2.13. The predicted octanol–water partition coefficient (Wildman–Crippen LogP) is 1.21. The van der Waals surface area contributed by atoms with Gasteiger partial charge in [-0.25, -0.2) is 4.79 Å². The molecular formula is C6H12N2O2S. The van der Waals surface area contributed by atoms with E-state index in [2.05, 4.69) is 4.99 Å². The van der Waals surface area contributed by atoms with Gasteiger partial charge in [0.25, 0.3) is 0 Å². The number of thioether (sulfide) groups is 1. The van der Waals surface area contributed by atoms with E-state index in [1.54, 1.807) is 20.1 Å². The number of carbonyl (C=O) groups is 1. The molecule has 5 heteroatoms. The standard InChI is InChI=1S/C6H12N2O2S/c1-4(2)10-6(9)8-5(7)11-3/h4H,1-3H3,(H2,7,8,9). The molecule has 1 amide bonds. The fourth-order valence-corrected chi connectivity index (χ4v) is 0.529. The highest BCUT2D eigenvalue weighted by molar-refractivity contribution is 8.13. The molecule has 0 aromatic rings. The summed E-state index contributed by atoms with van der Waals surface area (Å²) in [6.45, 7) is 3.51. The number of aliphatic imine (C=N–C) groups is 1. The minimum absolute atomic E-state index is 0.152. The lowest BCUT2D eigenvalue weighted by atomic mass is 10.5. The molecule has 0 spiro atoms. The number of hydrogen-bond acceptors (Lipinski definition) is 3. The molecule has 0 aromatic carbocycles. The number of nitrogens with zero attached hydrogens (tertiary/aromatic N) is 1. The van der Waals surface area contributed by atoms with Crippen LogP contribution in [0.2, 0.25) is 0 Å². The van der Waals surface area contributed by atoms with Crippen molar-refractivity contribution < 1.29 is 9.53 Å². The first-order chi connectivity index (χ1) is 5.06. The van der Waals surface area contributed by atoms with E-state index in [9.17, 15) is 4.79 Å². The third kappa shape index (κ3) is 5.72. The lowest BCUT2D eigenvalue weighted by molar-refractivity contribution is 0.126. The van der Waals surface area contributed by atoms with Crippen molar-refractivity contribution in [3.8, 4) is 0 Å². The fraction of sp³-hybridized carbons (Fsp3) is 0.667. The van der Waals surface area contributed by atoms with Gasteiger partial charge in [-0.15, -0.1) is 0 Å². The van der Waals surface area contributed by atoms with Gasteiger partial charge in [-0.3, -0.25) is 0 Å². The first-order valence-corrected chi connectivity index (χ1v) is 4.37. The van der Waals surface area contributed by atoms with Gasteiger partial charge < -0.3 is 10.5 Å². The Hall–Kier alpha value is -0.710. The van der Waals surface area contributed by atoms with Crippen LogP contribution in [0.25, 0.3) is 0 Å². The van der Waals surface area contributed by atoms with Crippen LogP contribution in [-0.4, -0.2) is 23.6 Å². The average molecular weight is 176 g/mol. The molecule has 0 bridgehead atoms.